The maximum atomic E-state index is 12.7. The molecule has 1 fully saturated rings. The summed E-state index contributed by atoms with van der Waals surface area (Å²) in [5.41, 5.74) is 3.55. The molecule has 1 unspecified atom stereocenters. The molecule has 5 heteroatoms. The van der Waals surface area contributed by atoms with Crippen LogP contribution in [-0.2, 0) is 0 Å². The lowest BCUT2D eigenvalue weighted by molar-refractivity contribution is 0.0654. The van der Waals surface area contributed by atoms with E-state index in [1.807, 2.05) is 35.4 Å². The van der Waals surface area contributed by atoms with Gasteiger partial charge in [0.25, 0.3) is 5.91 Å². The third-order valence-corrected chi connectivity index (χ3v) is 4.58. The van der Waals surface area contributed by atoms with Crippen molar-refractivity contribution in [2.75, 3.05) is 19.6 Å². The number of aryl methyl sites for hydroxylation is 1. The first kappa shape index (κ1) is 14.2. The highest BCUT2D eigenvalue weighted by Crippen LogP contribution is 2.22. The first-order chi connectivity index (χ1) is 10.2. The lowest BCUT2D eigenvalue weighted by Crippen LogP contribution is -2.52. The first-order valence-electron chi connectivity index (χ1n) is 7.18. The average molecular weight is 301 g/mol. The Morgan fingerprint density at radius 2 is 2.29 bits per heavy atom. The Morgan fingerprint density at radius 3 is 2.95 bits per heavy atom. The van der Waals surface area contributed by atoms with E-state index in [1.165, 1.54) is 0 Å². The Hall–Kier alpha value is -1.72. The average Bonchev–Trinajstić information content (AvgIpc) is 3.01. The lowest BCUT2D eigenvalue weighted by Gasteiger charge is -2.34. The van der Waals surface area contributed by atoms with Gasteiger partial charge in [-0.25, -0.2) is 0 Å². The molecule has 1 N–H and O–H groups in total. The molecule has 0 radical (unpaired) electrons. The van der Waals surface area contributed by atoms with Crippen LogP contribution in [0.1, 0.15) is 23.0 Å². The van der Waals surface area contributed by atoms with Gasteiger partial charge < -0.3 is 10.2 Å². The number of carbonyl (C=O) groups is 1. The third kappa shape index (κ3) is 2.84. The molecule has 2 aromatic rings. The molecular weight excluding hydrogens is 282 g/mol. The van der Waals surface area contributed by atoms with E-state index in [4.69, 9.17) is 0 Å². The predicted molar refractivity (Wildman–Crippen MR) is 85.7 cm³/mol. The molecule has 3 rings (SSSR count). The van der Waals surface area contributed by atoms with E-state index in [0.29, 0.717) is 5.56 Å². The van der Waals surface area contributed by atoms with E-state index < -0.39 is 0 Å². The standard InChI is InChI=1S/C16H19N3OS/c1-11-9-17-6-7-19(11)16(20)14-3-4-15(18-12(14)2)13-5-8-21-10-13/h3-5,8,10-11,17H,6-7,9H2,1-2H3. The molecule has 0 aliphatic carbocycles. The molecule has 1 aliphatic heterocycles. The Morgan fingerprint density at radius 1 is 1.43 bits per heavy atom. The van der Waals surface area contributed by atoms with Crippen LogP contribution in [0.3, 0.4) is 0 Å². The zero-order valence-corrected chi connectivity index (χ0v) is 13.1. The van der Waals surface area contributed by atoms with Gasteiger partial charge in [0, 0.05) is 36.6 Å². The Bertz CT molecular complexity index is 639. The highest BCUT2D eigenvalue weighted by atomic mass is 32.1. The molecule has 2 aromatic heterocycles. The summed E-state index contributed by atoms with van der Waals surface area (Å²) < 4.78 is 0. The second kappa shape index (κ2) is 5.95. The molecule has 1 atom stereocenters. The number of nitrogens with one attached hydrogen (secondary N) is 1. The van der Waals surface area contributed by atoms with Crippen LogP contribution >= 0.6 is 11.3 Å². The van der Waals surface area contributed by atoms with Crippen molar-refractivity contribution in [1.29, 1.82) is 0 Å². The summed E-state index contributed by atoms with van der Waals surface area (Å²) in [6, 6.07) is 6.12. The number of hydrogen-bond acceptors (Lipinski definition) is 4. The summed E-state index contributed by atoms with van der Waals surface area (Å²) in [5, 5.41) is 7.41. The number of amides is 1. The molecule has 0 spiro atoms. The third-order valence-electron chi connectivity index (χ3n) is 3.90. The fraction of sp³-hybridized carbons (Fsp3) is 0.375. The van der Waals surface area contributed by atoms with E-state index in [1.54, 1.807) is 11.3 Å². The number of thiophene rings is 1. The van der Waals surface area contributed by atoms with Gasteiger partial charge >= 0.3 is 0 Å². The molecule has 1 aliphatic rings. The van der Waals surface area contributed by atoms with E-state index >= 15 is 0 Å². The van der Waals surface area contributed by atoms with Crippen molar-refractivity contribution in [3.63, 3.8) is 0 Å². The summed E-state index contributed by atoms with van der Waals surface area (Å²) in [4.78, 5) is 19.2. The van der Waals surface area contributed by atoms with Gasteiger partial charge in [-0.05, 0) is 37.4 Å². The van der Waals surface area contributed by atoms with Crippen molar-refractivity contribution in [3.8, 4) is 11.3 Å². The number of hydrogen-bond donors (Lipinski definition) is 1. The highest BCUT2D eigenvalue weighted by Gasteiger charge is 2.25. The van der Waals surface area contributed by atoms with Crippen molar-refractivity contribution in [2.24, 2.45) is 0 Å². The van der Waals surface area contributed by atoms with Gasteiger partial charge in [-0.2, -0.15) is 11.3 Å². The van der Waals surface area contributed by atoms with Crippen molar-refractivity contribution < 1.29 is 4.79 Å². The maximum Gasteiger partial charge on any atom is 0.256 e. The summed E-state index contributed by atoms with van der Waals surface area (Å²) in [6.07, 6.45) is 0. The van der Waals surface area contributed by atoms with Gasteiger partial charge in [0.15, 0.2) is 0 Å². The Balaban J connectivity index is 1.87. The van der Waals surface area contributed by atoms with Crippen molar-refractivity contribution in [1.82, 2.24) is 15.2 Å². The van der Waals surface area contributed by atoms with Gasteiger partial charge in [0.2, 0.25) is 0 Å². The molecular formula is C16H19N3OS. The van der Waals surface area contributed by atoms with Crippen LogP contribution in [0.4, 0.5) is 0 Å². The quantitative estimate of drug-likeness (QED) is 0.927. The lowest BCUT2D eigenvalue weighted by atomic mass is 10.1. The van der Waals surface area contributed by atoms with E-state index in [0.717, 1.165) is 36.6 Å². The van der Waals surface area contributed by atoms with Gasteiger partial charge in [-0.15, -0.1) is 0 Å². The van der Waals surface area contributed by atoms with Gasteiger partial charge in [-0.1, -0.05) is 0 Å². The number of nitrogens with zero attached hydrogens (tertiary/aromatic N) is 2. The maximum absolute atomic E-state index is 12.7. The minimum absolute atomic E-state index is 0.0888. The van der Waals surface area contributed by atoms with Crippen LogP contribution < -0.4 is 5.32 Å². The first-order valence-corrected chi connectivity index (χ1v) is 8.13. The van der Waals surface area contributed by atoms with Gasteiger partial charge in [0.05, 0.1) is 17.0 Å². The molecule has 1 amide bonds. The number of carbonyl (C=O) groups excluding carboxylic acids is 1. The zero-order chi connectivity index (χ0) is 14.8. The topological polar surface area (TPSA) is 45.2 Å². The Labute approximate surface area is 128 Å². The van der Waals surface area contributed by atoms with Crippen LogP contribution in [0.2, 0.25) is 0 Å². The monoisotopic (exact) mass is 301 g/mol. The molecule has 0 saturated carbocycles. The van der Waals surface area contributed by atoms with E-state index in [-0.39, 0.29) is 11.9 Å². The Kier molecular flexibility index (Phi) is 4.03. The second-order valence-corrected chi connectivity index (χ2v) is 6.17. The SMILES string of the molecule is Cc1nc(-c2ccsc2)ccc1C(=O)N1CCNCC1C. The molecule has 3 heterocycles. The van der Waals surface area contributed by atoms with Crippen molar-refractivity contribution in [2.45, 2.75) is 19.9 Å². The fourth-order valence-electron chi connectivity index (χ4n) is 2.66. The van der Waals surface area contributed by atoms with Crippen LogP contribution in [0.15, 0.2) is 29.0 Å². The van der Waals surface area contributed by atoms with Crippen LogP contribution in [-0.4, -0.2) is 41.5 Å². The normalized spacial score (nSPS) is 18.8. The minimum atomic E-state index is 0.0888. The molecule has 4 nitrogen and oxygen atoms in total. The largest absolute Gasteiger partial charge is 0.333 e. The van der Waals surface area contributed by atoms with Gasteiger partial charge in [-0.3, -0.25) is 9.78 Å². The van der Waals surface area contributed by atoms with E-state index in [9.17, 15) is 4.79 Å². The second-order valence-electron chi connectivity index (χ2n) is 5.39. The molecule has 110 valence electrons. The summed E-state index contributed by atoms with van der Waals surface area (Å²) in [5.74, 6) is 0.0888. The molecule has 21 heavy (non-hydrogen) atoms. The van der Waals surface area contributed by atoms with Crippen LogP contribution in [0.25, 0.3) is 11.3 Å². The highest BCUT2D eigenvalue weighted by molar-refractivity contribution is 7.08. The van der Waals surface area contributed by atoms with Gasteiger partial charge in [0.1, 0.15) is 0 Å². The minimum Gasteiger partial charge on any atom is -0.333 e. The van der Waals surface area contributed by atoms with Crippen LogP contribution in [0.5, 0.6) is 0 Å². The molecule has 1 saturated heterocycles. The van der Waals surface area contributed by atoms with Crippen molar-refractivity contribution in [3.05, 3.63) is 40.2 Å². The summed E-state index contributed by atoms with van der Waals surface area (Å²) in [7, 11) is 0. The van der Waals surface area contributed by atoms with E-state index in [2.05, 4.69) is 22.6 Å². The number of aromatic nitrogens is 1. The number of rotatable bonds is 2. The van der Waals surface area contributed by atoms with Crippen LogP contribution in [0, 0.1) is 6.92 Å². The zero-order valence-electron chi connectivity index (χ0n) is 12.3. The smallest absolute Gasteiger partial charge is 0.256 e. The predicted octanol–water partition coefficient (Wildman–Crippen LogP) is 2.55. The fourth-order valence-corrected chi connectivity index (χ4v) is 3.31. The van der Waals surface area contributed by atoms with Crippen molar-refractivity contribution >= 4 is 17.2 Å². The summed E-state index contributed by atoms with van der Waals surface area (Å²) >= 11 is 1.65. The molecule has 0 aromatic carbocycles. The molecule has 0 bridgehead atoms. The number of pyridine rings is 1. The number of piperazine rings is 1. The summed E-state index contributed by atoms with van der Waals surface area (Å²) in [6.45, 7) is 6.45.